The number of fused-ring (bicyclic) bond motifs is 1. The molecular weight excluding hydrogens is 409 g/mol. The summed E-state index contributed by atoms with van der Waals surface area (Å²) in [5, 5.41) is 5.51. The number of carbonyl (C=O) groups excluding carboxylic acids is 3. The highest BCUT2D eigenvalue weighted by atomic mass is 19.1. The Kier molecular flexibility index (Phi) is 7.62. The minimum atomic E-state index is -0.590. The molecule has 0 saturated carbocycles. The molecule has 0 bridgehead atoms. The van der Waals surface area contributed by atoms with Gasteiger partial charge in [-0.25, -0.2) is 4.39 Å². The number of carbonyl (C=O) groups is 3. The molecule has 0 saturated heterocycles. The SMILES string of the molecule is CC[C@@H](C)C(=O)N1Cc2ccccc2C[C@H]1C(=O)NCCNC(=O)c1ccc(C)c(F)c1. The van der Waals surface area contributed by atoms with Crippen LogP contribution in [-0.4, -0.2) is 41.8 Å². The van der Waals surface area contributed by atoms with E-state index in [2.05, 4.69) is 10.6 Å². The lowest BCUT2D eigenvalue weighted by atomic mass is 9.92. The van der Waals surface area contributed by atoms with Crippen LogP contribution < -0.4 is 10.6 Å². The zero-order valence-corrected chi connectivity index (χ0v) is 18.8. The second kappa shape index (κ2) is 10.4. The fourth-order valence-corrected chi connectivity index (χ4v) is 3.76. The van der Waals surface area contributed by atoms with Gasteiger partial charge in [-0.3, -0.25) is 14.4 Å². The third kappa shape index (κ3) is 5.33. The Balaban J connectivity index is 1.60. The van der Waals surface area contributed by atoms with E-state index in [0.29, 0.717) is 24.9 Å². The highest BCUT2D eigenvalue weighted by molar-refractivity contribution is 5.94. The zero-order valence-electron chi connectivity index (χ0n) is 18.8. The summed E-state index contributed by atoms with van der Waals surface area (Å²) in [6, 6.07) is 11.6. The van der Waals surface area contributed by atoms with Crippen LogP contribution in [-0.2, 0) is 22.6 Å². The summed E-state index contributed by atoms with van der Waals surface area (Å²) in [7, 11) is 0. The molecule has 3 amide bonds. The molecule has 0 aromatic heterocycles. The first kappa shape index (κ1) is 23.4. The molecule has 6 nitrogen and oxygen atoms in total. The molecule has 0 radical (unpaired) electrons. The van der Waals surface area contributed by atoms with Crippen molar-refractivity contribution in [2.75, 3.05) is 13.1 Å². The Morgan fingerprint density at radius 3 is 2.47 bits per heavy atom. The van der Waals surface area contributed by atoms with Crippen molar-refractivity contribution in [2.24, 2.45) is 5.92 Å². The monoisotopic (exact) mass is 439 g/mol. The second-order valence-corrected chi connectivity index (χ2v) is 8.27. The molecule has 3 rings (SSSR count). The van der Waals surface area contributed by atoms with Crippen molar-refractivity contribution in [3.05, 3.63) is 70.5 Å². The predicted octanol–water partition coefficient (Wildman–Crippen LogP) is 2.98. The van der Waals surface area contributed by atoms with Gasteiger partial charge in [0.05, 0.1) is 0 Å². The molecule has 1 heterocycles. The van der Waals surface area contributed by atoms with Crippen LogP contribution in [0.2, 0.25) is 0 Å². The Morgan fingerprint density at radius 2 is 1.78 bits per heavy atom. The van der Waals surface area contributed by atoms with E-state index in [1.54, 1.807) is 24.0 Å². The van der Waals surface area contributed by atoms with Gasteiger partial charge in [0.25, 0.3) is 5.91 Å². The predicted molar refractivity (Wildman–Crippen MR) is 120 cm³/mol. The highest BCUT2D eigenvalue weighted by Gasteiger charge is 2.35. The van der Waals surface area contributed by atoms with Crippen molar-refractivity contribution in [1.82, 2.24) is 15.5 Å². The van der Waals surface area contributed by atoms with Crippen LogP contribution in [0.1, 0.15) is 47.3 Å². The van der Waals surface area contributed by atoms with Crippen LogP contribution in [0.3, 0.4) is 0 Å². The van der Waals surface area contributed by atoms with Gasteiger partial charge in [0.2, 0.25) is 11.8 Å². The minimum Gasteiger partial charge on any atom is -0.353 e. The van der Waals surface area contributed by atoms with Gasteiger partial charge in [0.15, 0.2) is 0 Å². The topological polar surface area (TPSA) is 78.5 Å². The van der Waals surface area contributed by atoms with Crippen molar-refractivity contribution in [2.45, 2.75) is 46.2 Å². The molecule has 2 aromatic carbocycles. The summed E-state index contributed by atoms with van der Waals surface area (Å²) in [6.07, 6.45) is 1.16. The minimum absolute atomic E-state index is 0.0307. The molecule has 7 heteroatoms. The first-order chi connectivity index (χ1) is 15.3. The van der Waals surface area contributed by atoms with E-state index < -0.39 is 17.8 Å². The number of nitrogens with zero attached hydrogens (tertiary/aromatic N) is 1. The summed E-state index contributed by atoms with van der Waals surface area (Å²) in [5.41, 5.74) is 2.83. The van der Waals surface area contributed by atoms with E-state index in [0.717, 1.165) is 11.1 Å². The average molecular weight is 440 g/mol. The number of amides is 3. The molecule has 2 aromatic rings. The molecule has 0 spiro atoms. The zero-order chi connectivity index (χ0) is 23.3. The number of nitrogens with one attached hydrogen (secondary N) is 2. The number of halogens is 1. The molecular formula is C25H30FN3O3. The summed E-state index contributed by atoms with van der Waals surface area (Å²) < 4.78 is 13.7. The van der Waals surface area contributed by atoms with Crippen molar-refractivity contribution in [3.63, 3.8) is 0 Å². The van der Waals surface area contributed by atoms with Crippen molar-refractivity contribution in [3.8, 4) is 0 Å². The van der Waals surface area contributed by atoms with E-state index in [-0.39, 0.29) is 36.4 Å². The highest BCUT2D eigenvalue weighted by Crippen LogP contribution is 2.25. The van der Waals surface area contributed by atoms with Gasteiger partial charge in [-0.15, -0.1) is 0 Å². The summed E-state index contributed by atoms with van der Waals surface area (Å²) in [6.45, 7) is 6.28. The molecule has 170 valence electrons. The molecule has 1 aliphatic rings. The summed E-state index contributed by atoms with van der Waals surface area (Å²) in [4.78, 5) is 39.8. The quantitative estimate of drug-likeness (QED) is 0.651. The molecule has 32 heavy (non-hydrogen) atoms. The standard InChI is InChI=1S/C25H30FN3O3/c1-4-16(2)25(32)29-15-20-8-6-5-7-18(20)14-22(29)24(31)28-12-11-27-23(30)19-10-9-17(3)21(26)13-19/h5-10,13,16,22H,4,11-12,14-15H2,1-3H3,(H,27,30)(H,28,31)/t16-,22+/m1/s1. The fraction of sp³-hybridized carbons (Fsp3) is 0.400. The van der Waals surface area contributed by atoms with Crippen LogP contribution in [0.25, 0.3) is 0 Å². The van der Waals surface area contributed by atoms with Gasteiger partial charge >= 0.3 is 0 Å². The lowest BCUT2D eigenvalue weighted by Gasteiger charge is -2.37. The Bertz CT molecular complexity index is 1010. The third-order valence-corrected chi connectivity index (χ3v) is 6.01. The van der Waals surface area contributed by atoms with Crippen molar-refractivity contribution < 1.29 is 18.8 Å². The van der Waals surface area contributed by atoms with E-state index in [9.17, 15) is 18.8 Å². The maximum Gasteiger partial charge on any atom is 0.251 e. The summed E-state index contributed by atoms with van der Waals surface area (Å²) >= 11 is 0. The van der Waals surface area contributed by atoms with Gasteiger partial charge in [-0.1, -0.05) is 44.2 Å². The van der Waals surface area contributed by atoms with Crippen LogP contribution in [0.4, 0.5) is 4.39 Å². The van der Waals surface area contributed by atoms with Gasteiger partial charge in [0, 0.05) is 37.5 Å². The van der Waals surface area contributed by atoms with E-state index in [4.69, 9.17) is 0 Å². The third-order valence-electron chi connectivity index (χ3n) is 6.01. The fourth-order valence-electron chi connectivity index (χ4n) is 3.76. The van der Waals surface area contributed by atoms with Crippen LogP contribution >= 0.6 is 0 Å². The van der Waals surface area contributed by atoms with Gasteiger partial charge in [-0.05, 0) is 42.2 Å². The molecule has 0 fully saturated rings. The Labute approximate surface area is 188 Å². The van der Waals surface area contributed by atoms with Gasteiger partial charge < -0.3 is 15.5 Å². The van der Waals surface area contributed by atoms with Gasteiger partial charge in [-0.2, -0.15) is 0 Å². The van der Waals surface area contributed by atoms with E-state index in [1.165, 1.54) is 6.07 Å². The van der Waals surface area contributed by atoms with Crippen molar-refractivity contribution in [1.29, 1.82) is 0 Å². The molecule has 2 atom stereocenters. The maximum atomic E-state index is 13.7. The number of rotatable bonds is 7. The number of benzene rings is 2. The second-order valence-electron chi connectivity index (χ2n) is 8.27. The molecule has 2 N–H and O–H groups in total. The lowest BCUT2D eigenvalue weighted by molar-refractivity contribution is -0.144. The summed E-state index contributed by atoms with van der Waals surface area (Å²) in [5.74, 6) is -1.28. The molecule has 1 aliphatic heterocycles. The molecule has 0 aliphatic carbocycles. The van der Waals surface area contributed by atoms with Crippen LogP contribution in [0.5, 0.6) is 0 Å². The van der Waals surface area contributed by atoms with Crippen molar-refractivity contribution >= 4 is 17.7 Å². The van der Waals surface area contributed by atoms with E-state index >= 15 is 0 Å². The van der Waals surface area contributed by atoms with Gasteiger partial charge in [0.1, 0.15) is 11.9 Å². The maximum absolute atomic E-state index is 13.7. The lowest BCUT2D eigenvalue weighted by Crippen LogP contribution is -2.54. The first-order valence-corrected chi connectivity index (χ1v) is 11.0. The normalized spacial score (nSPS) is 16.1. The Hall–Kier alpha value is -3.22. The number of hydrogen-bond donors (Lipinski definition) is 2. The average Bonchev–Trinajstić information content (AvgIpc) is 2.81. The number of aryl methyl sites for hydroxylation is 1. The Morgan fingerprint density at radius 1 is 1.09 bits per heavy atom. The largest absolute Gasteiger partial charge is 0.353 e. The molecule has 0 unspecified atom stereocenters. The van der Waals surface area contributed by atoms with E-state index in [1.807, 2.05) is 38.1 Å². The number of hydrogen-bond acceptors (Lipinski definition) is 3. The van der Waals surface area contributed by atoms with Crippen LogP contribution in [0, 0.1) is 18.7 Å². The first-order valence-electron chi connectivity index (χ1n) is 11.0. The van der Waals surface area contributed by atoms with Crippen LogP contribution in [0.15, 0.2) is 42.5 Å². The smallest absolute Gasteiger partial charge is 0.251 e.